The fraction of sp³-hybridized carbons (Fsp3) is 0.143. The van der Waals surface area contributed by atoms with Crippen LogP contribution in [-0.2, 0) is 11.2 Å². The number of H-pyrrole nitrogens is 1. The van der Waals surface area contributed by atoms with Crippen molar-refractivity contribution in [1.29, 1.82) is 0 Å². The third-order valence-corrected chi connectivity index (χ3v) is 4.34. The first-order chi connectivity index (χ1) is 10.5. The number of nitrogens with one attached hydrogen (secondary N) is 1. The zero-order valence-electron chi connectivity index (χ0n) is 11.4. The molecular weight excluding hydrogens is 326 g/mol. The summed E-state index contributed by atoms with van der Waals surface area (Å²) >= 11 is 6.94. The van der Waals surface area contributed by atoms with Gasteiger partial charge < -0.3 is 10.1 Å². The summed E-state index contributed by atoms with van der Waals surface area (Å²) in [5.74, 6) is -1.32. The van der Waals surface area contributed by atoms with Gasteiger partial charge in [0.15, 0.2) is 0 Å². The van der Waals surface area contributed by atoms with E-state index in [2.05, 4.69) is 14.6 Å². The van der Waals surface area contributed by atoms with E-state index >= 15 is 0 Å². The zero-order chi connectivity index (χ0) is 15.9. The molecular formula is C14H10ClN3O3S. The van der Waals surface area contributed by atoms with Crippen LogP contribution >= 0.6 is 23.1 Å². The summed E-state index contributed by atoms with van der Waals surface area (Å²) in [6.07, 6.45) is -0.256. The molecule has 0 unspecified atom stereocenters. The molecule has 0 radical (unpaired) electrons. The zero-order valence-corrected chi connectivity index (χ0v) is 13.0. The summed E-state index contributed by atoms with van der Waals surface area (Å²) in [6, 6.07) is 5.04. The van der Waals surface area contributed by atoms with E-state index in [4.69, 9.17) is 16.7 Å². The van der Waals surface area contributed by atoms with Crippen molar-refractivity contribution >= 4 is 45.8 Å². The number of rotatable bonds is 4. The minimum absolute atomic E-state index is 0.244. The fourth-order valence-electron chi connectivity index (χ4n) is 2.31. The predicted molar refractivity (Wildman–Crippen MR) is 82.7 cm³/mol. The van der Waals surface area contributed by atoms with Crippen LogP contribution in [0.1, 0.15) is 26.6 Å². The first-order valence-corrected chi connectivity index (χ1v) is 7.48. The lowest BCUT2D eigenvalue weighted by Gasteiger charge is -2.00. The lowest BCUT2D eigenvalue weighted by Crippen LogP contribution is -2.08. The van der Waals surface area contributed by atoms with Crippen LogP contribution in [0.2, 0.25) is 5.02 Å². The number of fused-ring (bicyclic) bond motifs is 1. The number of aliphatic carboxylic acids is 1. The third-order valence-electron chi connectivity index (χ3n) is 3.28. The van der Waals surface area contributed by atoms with Gasteiger partial charge in [0, 0.05) is 21.5 Å². The molecule has 0 saturated heterocycles. The maximum Gasteiger partial charge on any atom is 0.307 e. The molecule has 0 fully saturated rings. The second-order valence-corrected chi connectivity index (χ2v) is 5.95. The van der Waals surface area contributed by atoms with Gasteiger partial charge in [-0.25, -0.2) is 0 Å². The minimum Gasteiger partial charge on any atom is -0.481 e. The van der Waals surface area contributed by atoms with Crippen LogP contribution in [0.3, 0.4) is 0 Å². The number of benzene rings is 1. The van der Waals surface area contributed by atoms with E-state index in [1.807, 2.05) is 0 Å². The number of carboxylic acids is 1. The summed E-state index contributed by atoms with van der Waals surface area (Å²) in [5, 5.41) is 14.1. The van der Waals surface area contributed by atoms with E-state index in [1.54, 1.807) is 25.1 Å². The molecule has 0 atom stereocenters. The molecule has 22 heavy (non-hydrogen) atoms. The fourth-order valence-corrected chi connectivity index (χ4v) is 3.08. The Hall–Kier alpha value is -2.25. The standard InChI is InChI=1S/C14H10ClN3O3S/c1-6-14(22-18-17-6)13(21)12-9(5-11(19)20)8-3-2-7(15)4-10(8)16-12/h2-4,16H,5H2,1H3,(H,19,20). The average molecular weight is 336 g/mol. The Balaban J connectivity index is 2.21. The Bertz CT molecular complexity index is 900. The number of aromatic nitrogens is 3. The van der Waals surface area contributed by atoms with Crippen LogP contribution in [-0.4, -0.2) is 31.4 Å². The average Bonchev–Trinajstić information content (AvgIpc) is 3.02. The molecule has 3 aromatic rings. The molecule has 0 aliphatic carbocycles. The minimum atomic E-state index is -1.01. The van der Waals surface area contributed by atoms with E-state index in [-0.39, 0.29) is 17.9 Å². The van der Waals surface area contributed by atoms with Crippen molar-refractivity contribution in [1.82, 2.24) is 14.6 Å². The Morgan fingerprint density at radius 2 is 2.18 bits per heavy atom. The predicted octanol–water partition coefficient (Wildman–Crippen LogP) is 2.84. The number of hydrogen-bond acceptors (Lipinski definition) is 5. The molecule has 8 heteroatoms. The molecule has 2 heterocycles. The van der Waals surface area contributed by atoms with Crippen LogP contribution in [0, 0.1) is 6.92 Å². The second kappa shape index (κ2) is 5.51. The normalized spacial score (nSPS) is 11.0. The Morgan fingerprint density at radius 1 is 1.41 bits per heavy atom. The number of carbonyl (C=O) groups is 2. The molecule has 0 aliphatic rings. The molecule has 112 valence electrons. The highest BCUT2D eigenvalue weighted by Crippen LogP contribution is 2.28. The molecule has 0 bridgehead atoms. The van der Waals surface area contributed by atoms with Gasteiger partial charge in [0.2, 0.25) is 5.78 Å². The molecule has 0 amide bonds. The van der Waals surface area contributed by atoms with Crippen molar-refractivity contribution in [3.8, 4) is 0 Å². The van der Waals surface area contributed by atoms with Gasteiger partial charge in [0.25, 0.3) is 0 Å². The molecule has 0 aliphatic heterocycles. The number of carboxylic acid groups (broad SMARTS) is 1. The van der Waals surface area contributed by atoms with Gasteiger partial charge in [-0.3, -0.25) is 9.59 Å². The highest BCUT2D eigenvalue weighted by molar-refractivity contribution is 7.08. The Labute approximate surface area is 133 Å². The smallest absolute Gasteiger partial charge is 0.307 e. The van der Waals surface area contributed by atoms with Crippen molar-refractivity contribution in [2.75, 3.05) is 0 Å². The van der Waals surface area contributed by atoms with Gasteiger partial charge in [-0.05, 0) is 30.6 Å². The highest BCUT2D eigenvalue weighted by Gasteiger charge is 2.24. The van der Waals surface area contributed by atoms with Crippen molar-refractivity contribution < 1.29 is 14.7 Å². The number of halogens is 1. The maximum atomic E-state index is 12.7. The van der Waals surface area contributed by atoms with E-state index in [1.165, 1.54) is 0 Å². The van der Waals surface area contributed by atoms with Crippen molar-refractivity contribution in [2.45, 2.75) is 13.3 Å². The van der Waals surface area contributed by atoms with Crippen LogP contribution in [0.15, 0.2) is 18.2 Å². The van der Waals surface area contributed by atoms with Crippen LogP contribution in [0.5, 0.6) is 0 Å². The summed E-state index contributed by atoms with van der Waals surface area (Å²) in [5.41, 5.74) is 1.83. The molecule has 6 nitrogen and oxygen atoms in total. The molecule has 3 rings (SSSR count). The van der Waals surface area contributed by atoms with E-state index in [0.29, 0.717) is 32.1 Å². The summed E-state index contributed by atoms with van der Waals surface area (Å²) in [4.78, 5) is 27.2. The van der Waals surface area contributed by atoms with E-state index in [0.717, 1.165) is 11.5 Å². The monoisotopic (exact) mass is 335 g/mol. The van der Waals surface area contributed by atoms with Gasteiger partial charge >= 0.3 is 5.97 Å². The number of hydrogen-bond donors (Lipinski definition) is 2. The molecule has 2 aromatic heterocycles. The third kappa shape index (κ3) is 2.49. The topological polar surface area (TPSA) is 95.9 Å². The number of ketones is 1. The largest absolute Gasteiger partial charge is 0.481 e. The van der Waals surface area contributed by atoms with Gasteiger partial charge in [0.1, 0.15) is 4.88 Å². The van der Waals surface area contributed by atoms with Gasteiger partial charge in [-0.15, -0.1) is 5.10 Å². The van der Waals surface area contributed by atoms with Gasteiger partial charge in [-0.2, -0.15) is 0 Å². The highest BCUT2D eigenvalue weighted by atomic mass is 35.5. The van der Waals surface area contributed by atoms with Crippen LogP contribution in [0.25, 0.3) is 10.9 Å². The molecule has 0 saturated carbocycles. The summed E-state index contributed by atoms with van der Waals surface area (Å²) in [6.45, 7) is 1.69. The first-order valence-electron chi connectivity index (χ1n) is 6.33. The van der Waals surface area contributed by atoms with Gasteiger partial charge in [0.05, 0.1) is 17.8 Å². The number of aryl methyl sites for hydroxylation is 1. The summed E-state index contributed by atoms with van der Waals surface area (Å²) < 4.78 is 3.75. The Kier molecular flexibility index (Phi) is 3.67. The SMILES string of the molecule is Cc1nnsc1C(=O)c1[nH]c2cc(Cl)ccc2c1CC(=O)O. The molecule has 2 N–H and O–H groups in total. The first kappa shape index (κ1) is 14.7. The number of aromatic amines is 1. The van der Waals surface area contributed by atoms with E-state index < -0.39 is 5.97 Å². The van der Waals surface area contributed by atoms with E-state index in [9.17, 15) is 9.59 Å². The molecule has 1 aromatic carbocycles. The van der Waals surface area contributed by atoms with Crippen LogP contribution < -0.4 is 0 Å². The van der Waals surface area contributed by atoms with Gasteiger partial charge in [-0.1, -0.05) is 22.2 Å². The van der Waals surface area contributed by atoms with Crippen molar-refractivity contribution in [3.63, 3.8) is 0 Å². The van der Waals surface area contributed by atoms with Crippen molar-refractivity contribution in [3.05, 3.63) is 45.1 Å². The number of nitrogens with zero attached hydrogens (tertiary/aromatic N) is 2. The second-order valence-electron chi connectivity index (χ2n) is 4.76. The quantitative estimate of drug-likeness (QED) is 0.715. The lowest BCUT2D eigenvalue weighted by atomic mass is 10.0. The number of carbonyl (C=O) groups excluding carboxylic acids is 1. The van der Waals surface area contributed by atoms with Crippen LogP contribution in [0.4, 0.5) is 0 Å². The maximum absolute atomic E-state index is 12.7. The van der Waals surface area contributed by atoms with Crippen molar-refractivity contribution in [2.24, 2.45) is 0 Å². The molecule has 0 spiro atoms. The summed E-state index contributed by atoms with van der Waals surface area (Å²) in [7, 11) is 0. The lowest BCUT2D eigenvalue weighted by molar-refractivity contribution is -0.136. The Morgan fingerprint density at radius 3 is 2.82 bits per heavy atom.